The molecule has 128 valence electrons. The van der Waals surface area contributed by atoms with Crippen molar-refractivity contribution in [2.45, 2.75) is 13.5 Å². The number of nitrogens with one attached hydrogen (secondary N) is 1. The molecule has 0 atom stereocenters. The number of hydrogen-bond acceptors (Lipinski definition) is 4. The van der Waals surface area contributed by atoms with Crippen LogP contribution in [0.2, 0.25) is 10.0 Å². The summed E-state index contributed by atoms with van der Waals surface area (Å²) in [7, 11) is 0. The maximum absolute atomic E-state index is 12.3. The van der Waals surface area contributed by atoms with Crippen LogP contribution in [0, 0.1) is 6.92 Å². The molecule has 0 fully saturated rings. The minimum Gasteiger partial charge on any atom is -0.487 e. The van der Waals surface area contributed by atoms with E-state index in [-0.39, 0.29) is 12.5 Å². The number of carbonyl (C=O) groups excluding carboxylic acids is 1. The molecule has 1 amide bonds. The Labute approximate surface area is 159 Å². The molecule has 0 bridgehead atoms. The number of ether oxygens (including phenoxy) is 1. The smallest absolute Gasteiger partial charge is 0.256 e. The summed E-state index contributed by atoms with van der Waals surface area (Å²) in [6, 6.07) is 14.1. The number of halogens is 2. The van der Waals surface area contributed by atoms with E-state index in [1.165, 1.54) is 11.5 Å². The van der Waals surface area contributed by atoms with Gasteiger partial charge in [0.05, 0.1) is 5.02 Å². The number of aromatic nitrogens is 1. The van der Waals surface area contributed by atoms with Crippen LogP contribution >= 0.6 is 34.7 Å². The van der Waals surface area contributed by atoms with E-state index in [9.17, 15) is 4.79 Å². The lowest BCUT2D eigenvalue weighted by atomic mass is 10.1. The highest BCUT2D eigenvalue weighted by molar-refractivity contribution is 7.06. The molecule has 2 aromatic carbocycles. The van der Waals surface area contributed by atoms with Crippen molar-refractivity contribution in [3.8, 4) is 5.75 Å². The Balaban J connectivity index is 1.68. The molecule has 4 nitrogen and oxygen atoms in total. The second kappa shape index (κ2) is 7.87. The molecule has 0 spiro atoms. The van der Waals surface area contributed by atoms with Crippen LogP contribution in [-0.4, -0.2) is 10.3 Å². The highest BCUT2D eigenvalue weighted by atomic mass is 35.5. The van der Waals surface area contributed by atoms with Gasteiger partial charge in [0.15, 0.2) is 0 Å². The van der Waals surface area contributed by atoms with E-state index >= 15 is 0 Å². The van der Waals surface area contributed by atoms with Gasteiger partial charge in [0.2, 0.25) is 0 Å². The molecule has 7 heteroatoms. The van der Waals surface area contributed by atoms with E-state index in [0.29, 0.717) is 27.2 Å². The van der Waals surface area contributed by atoms with Gasteiger partial charge in [0.25, 0.3) is 5.91 Å². The SMILES string of the molecule is Cc1cc(NC(=O)c2cccc(COc3cc(Cl)ccc3Cl)c2)ns1. The fraction of sp³-hybridized carbons (Fsp3) is 0.111. The summed E-state index contributed by atoms with van der Waals surface area (Å²) in [6.45, 7) is 2.21. The predicted octanol–water partition coefficient (Wildman–Crippen LogP) is 5.59. The van der Waals surface area contributed by atoms with Crippen LogP contribution in [0.15, 0.2) is 48.5 Å². The van der Waals surface area contributed by atoms with Crippen molar-refractivity contribution in [2.24, 2.45) is 0 Å². The first-order valence-corrected chi connectivity index (χ1v) is 8.95. The van der Waals surface area contributed by atoms with Gasteiger partial charge in [0, 0.05) is 21.5 Å². The lowest BCUT2D eigenvalue weighted by Crippen LogP contribution is -2.12. The van der Waals surface area contributed by atoms with Crippen molar-refractivity contribution >= 4 is 46.5 Å². The molecule has 1 N–H and O–H groups in total. The largest absolute Gasteiger partial charge is 0.487 e. The Bertz CT molecular complexity index is 912. The first-order chi connectivity index (χ1) is 12.0. The zero-order valence-corrected chi connectivity index (χ0v) is 15.6. The molecule has 0 aliphatic heterocycles. The first-order valence-electron chi connectivity index (χ1n) is 7.43. The third-order valence-corrected chi connectivity index (χ3v) is 4.59. The van der Waals surface area contributed by atoms with E-state index in [1.807, 2.05) is 19.1 Å². The molecule has 0 radical (unpaired) electrons. The van der Waals surface area contributed by atoms with Crippen molar-refractivity contribution in [3.05, 3.63) is 74.6 Å². The summed E-state index contributed by atoms with van der Waals surface area (Å²) in [5.41, 5.74) is 1.38. The van der Waals surface area contributed by atoms with Crippen molar-refractivity contribution in [1.82, 2.24) is 4.37 Å². The number of hydrogen-bond donors (Lipinski definition) is 1. The third kappa shape index (κ3) is 4.72. The van der Waals surface area contributed by atoms with Crippen LogP contribution < -0.4 is 10.1 Å². The molecule has 0 saturated heterocycles. The minimum absolute atomic E-state index is 0.215. The summed E-state index contributed by atoms with van der Waals surface area (Å²) in [6.07, 6.45) is 0. The van der Waals surface area contributed by atoms with Crippen LogP contribution in [0.1, 0.15) is 20.8 Å². The molecular formula is C18H14Cl2N2O2S. The highest BCUT2D eigenvalue weighted by Gasteiger charge is 2.09. The monoisotopic (exact) mass is 392 g/mol. The van der Waals surface area contributed by atoms with Gasteiger partial charge in [-0.3, -0.25) is 4.79 Å². The maximum Gasteiger partial charge on any atom is 0.256 e. The molecule has 1 aromatic heterocycles. The molecule has 3 rings (SSSR count). The number of nitrogens with zero attached hydrogens (tertiary/aromatic N) is 1. The van der Waals surface area contributed by atoms with Crippen LogP contribution in [0.4, 0.5) is 5.82 Å². The number of amides is 1. The maximum atomic E-state index is 12.3. The Morgan fingerprint density at radius 2 is 2.04 bits per heavy atom. The molecule has 1 heterocycles. The van der Waals surface area contributed by atoms with Gasteiger partial charge < -0.3 is 10.1 Å². The predicted molar refractivity (Wildman–Crippen MR) is 102 cm³/mol. The van der Waals surface area contributed by atoms with E-state index in [4.69, 9.17) is 27.9 Å². The van der Waals surface area contributed by atoms with E-state index in [2.05, 4.69) is 9.69 Å². The summed E-state index contributed by atoms with van der Waals surface area (Å²) in [5, 5.41) is 3.81. The summed E-state index contributed by atoms with van der Waals surface area (Å²) in [5.74, 6) is 0.842. The highest BCUT2D eigenvalue weighted by Crippen LogP contribution is 2.28. The van der Waals surface area contributed by atoms with E-state index in [1.54, 1.807) is 36.4 Å². The van der Waals surface area contributed by atoms with Crippen LogP contribution in [-0.2, 0) is 6.61 Å². The van der Waals surface area contributed by atoms with Gasteiger partial charge >= 0.3 is 0 Å². The van der Waals surface area contributed by atoms with Crippen molar-refractivity contribution in [3.63, 3.8) is 0 Å². The number of aryl methyl sites for hydroxylation is 1. The Morgan fingerprint density at radius 3 is 2.80 bits per heavy atom. The van der Waals surface area contributed by atoms with E-state index < -0.39 is 0 Å². The van der Waals surface area contributed by atoms with Crippen molar-refractivity contribution in [2.75, 3.05) is 5.32 Å². The number of benzene rings is 2. The lowest BCUT2D eigenvalue weighted by molar-refractivity contribution is 0.102. The Kier molecular flexibility index (Phi) is 5.58. The zero-order valence-electron chi connectivity index (χ0n) is 13.3. The van der Waals surface area contributed by atoms with Crippen LogP contribution in [0.3, 0.4) is 0 Å². The Hall–Kier alpha value is -2.08. The molecule has 0 aliphatic rings. The normalized spacial score (nSPS) is 10.5. The standard InChI is InChI=1S/C18H14Cl2N2O2S/c1-11-7-17(22-25-11)21-18(23)13-4-2-3-12(8-13)10-24-16-9-14(19)5-6-15(16)20/h2-9H,10H2,1H3,(H,21,22,23). The molecule has 0 aliphatic carbocycles. The molecular weight excluding hydrogens is 379 g/mol. The minimum atomic E-state index is -0.215. The zero-order chi connectivity index (χ0) is 17.8. The van der Waals surface area contributed by atoms with Crippen LogP contribution in [0.5, 0.6) is 5.75 Å². The number of carbonyl (C=O) groups is 1. The average Bonchev–Trinajstić information content (AvgIpc) is 3.01. The quantitative estimate of drug-likeness (QED) is 0.615. The van der Waals surface area contributed by atoms with E-state index in [0.717, 1.165) is 10.4 Å². The summed E-state index contributed by atoms with van der Waals surface area (Å²) in [4.78, 5) is 13.4. The molecule has 0 saturated carbocycles. The van der Waals surface area contributed by atoms with Gasteiger partial charge in [-0.05, 0) is 54.4 Å². The van der Waals surface area contributed by atoms with Crippen molar-refractivity contribution in [1.29, 1.82) is 0 Å². The Morgan fingerprint density at radius 1 is 1.20 bits per heavy atom. The van der Waals surface area contributed by atoms with Crippen LogP contribution in [0.25, 0.3) is 0 Å². The molecule has 25 heavy (non-hydrogen) atoms. The first kappa shape index (κ1) is 17.7. The number of anilines is 1. The second-order valence-electron chi connectivity index (χ2n) is 5.34. The summed E-state index contributed by atoms with van der Waals surface area (Å²) < 4.78 is 9.86. The second-order valence-corrected chi connectivity index (χ2v) is 7.19. The van der Waals surface area contributed by atoms with Gasteiger partial charge in [0.1, 0.15) is 18.2 Å². The van der Waals surface area contributed by atoms with Gasteiger partial charge in [-0.25, -0.2) is 0 Å². The van der Waals surface area contributed by atoms with Crippen molar-refractivity contribution < 1.29 is 9.53 Å². The fourth-order valence-electron chi connectivity index (χ4n) is 2.17. The topological polar surface area (TPSA) is 51.2 Å². The summed E-state index contributed by atoms with van der Waals surface area (Å²) >= 11 is 13.4. The van der Waals surface area contributed by atoms with Gasteiger partial charge in [-0.1, -0.05) is 35.3 Å². The number of rotatable bonds is 5. The fourth-order valence-corrected chi connectivity index (χ4v) is 3.00. The lowest BCUT2D eigenvalue weighted by Gasteiger charge is -2.09. The van der Waals surface area contributed by atoms with Gasteiger partial charge in [-0.15, -0.1) is 0 Å². The third-order valence-electron chi connectivity index (χ3n) is 3.35. The average molecular weight is 393 g/mol. The molecule has 0 unspecified atom stereocenters. The van der Waals surface area contributed by atoms with Gasteiger partial charge in [-0.2, -0.15) is 4.37 Å². The molecule has 3 aromatic rings.